The van der Waals surface area contributed by atoms with E-state index in [9.17, 15) is 4.79 Å². The van der Waals surface area contributed by atoms with Crippen molar-refractivity contribution in [2.45, 2.75) is 19.8 Å². The zero-order chi connectivity index (χ0) is 12.1. The fourth-order valence-electron chi connectivity index (χ4n) is 1.16. The number of hydrogen-bond donors (Lipinski definition) is 0. The van der Waals surface area contributed by atoms with Gasteiger partial charge in [0, 0.05) is 11.4 Å². The Bertz CT molecular complexity index is 368. The molecular weight excluding hydrogens is 270 g/mol. The lowest BCUT2D eigenvalue weighted by molar-refractivity contribution is -0.117. The lowest BCUT2D eigenvalue weighted by Crippen LogP contribution is -2.01. The van der Waals surface area contributed by atoms with Gasteiger partial charge >= 0.3 is 0 Å². The fourth-order valence-corrected chi connectivity index (χ4v) is 2.09. The predicted octanol–water partition coefficient (Wildman–Crippen LogP) is 4.39. The minimum atomic E-state index is 0.136. The van der Waals surface area contributed by atoms with Crippen molar-refractivity contribution in [1.82, 2.24) is 0 Å². The number of ether oxygens (including phenoxy) is 1. The number of halogens is 3. The van der Waals surface area contributed by atoms with E-state index in [4.69, 9.17) is 39.5 Å². The zero-order valence-corrected chi connectivity index (χ0v) is 11.0. The third-order valence-electron chi connectivity index (χ3n) is 1.88. The van der Waals surface area contributed by atoms with E-state index in [0.29, 0.717) is 40.3 Å². The number of ketones is 1. The number of rotatable bonds is 5. The second-order valence-electron chi connectivity index (χ2n) is 3.35. The normalized spacial score (nSPS) is 10.2. The van der Waals surface area contributed by atoms with Gasteiger partial charge in [-0.25, -0.2) is 0 Å². The standard InChI is InChI=1S/C11H11Cl3O2/c1-7(15)3-2-4-16-11-9(13)5-8(12)6-10(11)14/h5-6H,2-4H2,1H3. The number of benzene rings is 1. The molecule has 0 aliphatic rings. The Hall–Kier alpha value is -0.440. The third kappa shape index (κ3) is 4.20. The number of carbonyl (C=O) groups excluding carboxylic acids is 1. The molecule has 0 amide bonds. The number of hydrogen-bond acceptors (Lipinski definition) is 2. The lowest BCUT2D eigenvalue weighted by atomic mass is 10.2. The van der Waals surface area contributed by atoms with E-state index in [0.717, 1.165) is 0 Å². The molecule has 5 heteroatoms. The Morgan fingerprint density at radius 3 is 2.31 bits per heavy atom. The minimum absolute atomic E-state index is 0.136. The van der Waals surface area contributed by atoms with E-state index in [2.05, 4.69) is 0 Å². The van der Waals surface area contributed by atoms with Crippen molar-refractivity contribution in [3.05, 3.63) is 27.2 Å². The van der Waals surface area contributed by atoms with Crippen LogP contribution in [-0.2, 0) is 4.79 Å². The van der Waals surface area contributed by atoms with Gasteiger partial charge in [0.25, 0.3) is 0 Å². The summed E-state index contributed by atoms with van der Waals surface area (Å²) in [6.45, 7) is 1.95. The van der Waals surface area contributed by atoms with Crippen LogP contribution in [0.4, 0.5) is 0 Å². The summed E-state index contributed by atoms with van der Waals surface area (Å²) in [5, 5.41) is 1.21. The van der Waals surface area contributed by atoms with Crippen molar-refractivity contribution >= 4 is 40.6 Å². The number of carbonyl (C=O) groups is 1. The minimum Gasteiger partial charge on any atom is -0.490 e. The molecule has 0 aromatic heterocycles. The summed E-state index contributed by atoms with van der Waals surface area (Å²) < 4.78 is 5.40. The van der Waals surface area contributed by atoms with E-state index in [-0.39, 0.29) is 5.78 Å². The predicted molar refractivity (Wildman–Crippen MR) is 66.9 cm³/mol. The quantitative estimate of drug-likeness (QED) is 0.748. The van der Waals surface area contributed by atoms with Crippen LogP contribution in [0.5, 0.6) is 5.75 Å². The molecule has 0 bridgehead atoms. The van der Waals surface area contributed by atoms with Gasteiger partial charge in [-0.1, -0.05) is 34.8 Å². The summed E-state index contributed by atoms with van der Waals surface area (Å²) in [7, 11) is 0. The molecule has 0 radical (unpaired) electrons. The van der Waals surface area contributed by atoms with Gasteiger partial charge in [0.15, 0.2) is 5.75 Å². The molecule has 1 aromatic carbocycles. The van der Waals surface area contributed by atoms with E-state index in [1.807, 2.05) is 0 Å². The van der Waals surface area contributed by atoms with Crippen molar-refractivity contribution in [2.75, 3.05) is 6.61 Å². The molecule has 0 aliphatic heterocycles. The van der Waals surface area contributed by atoms with Crippen molar-refractivity contribution < 1.29 is 9.53 Å². The molecule has 0 atom stereocenters. The molecule has 1 aromatic rings. The molecule has 0 heterocycles. The molecule has 0 saturated carbocycles. The highest BCUT2D eigenvalue weighted by Gasteiger charge is 2.08. The largest absolute Gasteiger partial charge is 0.490 e. The molecule has 0 fully saturated rings. The van der Waals surface area contributed by atoms with Gasteiger partial charge in [-0.3, -0.25) is 0 Å². The van der Waals surface area contributed by atoms with Crippen LogP contribution in [0.3, 0.4) is 0 Å². The van der Waals surface area contributed by atoms with Gasteiger partial charge in [0.2, 0.25) is 0 Å². The van der Waals surface area contributed by atoms with Crippen LogP contribution < -0.4 is 4.74 Å². The highest BCUT2D eigenvalue weighted by molar-refractivity contribution is 6.40. The van der Waals surface area contributed by atoms with Crippen molar-refractivity contribution in [3.8, 4) is 5.75 Å². The molecule has 1 rings (SSSR count). The monoisotopic (exact) mass is 280 g/mol. The highest BCUT2D eigenvalue weighted by atomic mass is 35.5. The molecule has 88 valence electrons. The molecule has 0 spiro atoms. The second-order valence-corrected chi connectivity index (χ2v) is 4.60. The van der Waals surface area contributed by atoms with E-state index < -0.39 is 0 Å². The molecule has 2 nitrogen and oxygen atoms in total. The van der Waals surface area contributed by atoms with E-state index in [1.54, 1.807) is 19.1 Å². The molecule has 0 aliphatic carbocycles. The first kappa shape index (κ1) is 13.6. The second kappa shape index (κ2) is 6.33. The van der Waals surface area contributed by atoms with Gasteiger partial charge in [-0.05, 0) is 25.5 Å². The fraction of sp³-hybridized carbons (Fsp3) is 0.364. The molecule has 0 N–H and O–H groups in total. The number of Topliss-reactive ketones (excluding diaryl/α,β-unsaturated/α-hetero) is 1. The Morgan fingerprint density at radius 2 is 1.81 bits per heavy atom. The van der Waals surface area contributed by atoms with E-state index in [1.165, 1.54) is 0 Å². The zero-order valence-electron chi connectivity index (χ0n) is 8.73. The SMILES string of the molecule is CC(=O)CCCOc1c(Cl)cc(Cl)cc1Cl. The Kier molecular flexibility index (Phi) is 5.39. The van der Waals surface area contributed by atoms with Gasteiger partial charge in [-0.2, -0.15) is 0 Å². The Balaban J connectivity index is 2.57. The van der Waals surface area contributed by atoms with Crippen molar-refractivity contribution in [2.24, 2.45) is 0 Å². The van der Waals surface area contributed by atoms with Crippen LogP contribution >= 0.6 is 34.8 Å². The van der Waals surface area contributed by atoms with Gasteiger partial charge in [0.05, 0.1) is 16.7 Å². The summed E-state index contributed by atoms with van der Waals surface area (Å²) >= 11 is 17.6. The van der Waals surface area contributed by atoms with Crippen molar-refractivity contribution in [3.63, 3.8) is 0 Å². The summed E-state index contributed by atoms with van der Waals surface area (Å²) in [5.74, 6) is 0.549. The summed E-state index contributed by atoms with van der Waals surface area (Å²) in [6.07, 6.45) is 1.13. The maximum Gasteiger partial charge on any atom is 0.156 e. The summed E-state index contributed by atoms with van der Waals surface area (Å²) in [4.78, 5) is 10.7. The van der Waals surface area contributed by atoms with Gasteiger partial charge < -0.3 is 9.53 Å². The highest BCUT2D eigenvalue weighted by Crippen LogP contribution is 2.35. The van der Waals surface area contributed by atoms with E-state index >= 15 is 0 Å². The summed E-state index contributed by atoms with van der Waals surface area (Å²) in [6, 6.07) is 3.13. The average molecular weight is 282 g/mol. The van der Waals surface area contributed by atoms with Crippen molar-refractivity contribution in [1.29, 1.82) is 0 Å². The van der Waals surface area contributed by atoms with Crippen LogP contribution in [0.1, 0.15) is 19.8 Å². The molecular formula is C11H11Cl3O2. The average Bonchev–Trinajstić information content (AvgIpc) is 2.14. The Labute approximate surface area is 109 Å². The molecule has 0 saturated heterocycles. The third-order valence-corrected chi connectivity index (χ3v) is 2.66. The maximum absolute atomic E-state index is 10.7. The van der Waals surface area contributed by atoms with Crippen LogP contribution in [-0.4, -0.2) is 12.4 Å². The molecule has 0 unspecified atom stereocenters. The smallest absolute Gasteiger partial charge is 0.156 e. The van der Waals surface area contributed by atoms with Crippen LogP contribution in [0.25, 0.3) is 0 Å². The first-order chi connectivity index (χ1) is 7.50. The topological polar surface area (TPSA) is 26.3 Å². The first-order valence-corrected chi connectivity index (χ1v) is 5.91. The lowest BCUT2D eigenvalue weighted by Gasteiger charge is -2.09. The molecule has 16 heavy (non-hydrogen) atoms. The maximum atomic E-state index is 10.7. The first-order valence-electron chi connectivity index (χ1n) is 4.77. The van der Waals surface area contributed by atoms with Crippen LogP contribution in [0.2, 0.25) is 15.1 Å². The van der Waals surface area contributed by atoms with Crippen LogP contribution in [0, 0.1) is 0 Å². The summed E-state index contributed by atoms with van der Waals surface area (Å²) in [5.41, 5.74) is 0. The van der Waals surface area contributed by atoms with Gasteiger partial charge in [0.1, 0.15) is 5.78 Å². The van der Waals surface area contributed by atoms with Crippen LogP contribution in [0.15, 0.2) is 12.1 Å². The Morgan fingerprint density at radius 1 is 1.25 bits per heavy atom. The van der Waals surface area contributed by atoms with Gasteiger partial charge in [-0.15, -0.1) is 0 Å².